The number of carboxylic acid groups (broad SMARTS) is 1. The lowest BCUT2D eigenvalue weighted by Gasteiger charge is -2.07. The molecule has 0 saturated carbocycles. The molecule has 2 N–H and O–H groups in total. The molecule has 0 aliphatic rings. The van der Waals surface area contributed by atoms with Crippen molar-refractivity contribution in [1.29, 1.82) is 0 Å². The van der Waals surface area contributed by atoms with Crippen LogP contribution in [0, 0.1) is 6.92 Å². The van der Waals surface area contributed by atoms with Crippen LogP contribution in [0.15, 0.2) is 18.2 Å². The second-order valence-corrected chi connectivity index (χ2v) is 9.31. The average molecular weight is 435 g/mol. The summed E-state index contributed by atoms with van der Waals surface area (Å²) < 4.78 is 0. The van der Waals surface area contributed by atoms with Gasteiger partial charge >= 0.3 is 5.97 Å². The van der Waals surface area contributed by atoms with Crippen LogP contribution in [-0.2, 0) is 4.79 Å². The van der Waals surface area contributed by atoms with Gasteiger partial charge in [-0.05, 0) is 36.5 Å². The van der Waals surface area contributed by atoms with Crippen molar-refractivity contribution in [3.63, 3.8) is 0 Å². The molecule has 0 heterocycles. The molecule has 0 aliphatic carbocycles. The van der Waals surface area contributed by atoms with E-state index >= 15 is 0 Å². The standard InChI is InChI=1S/C18H36O2.C10H14O/c1-2-3-4-5-6-7-8-9-10-11-12-13-14-15-16-17-18(19)20;1-7(2)9-5-4-8(3)6-10(9)11/h2-17H2,1H3,(H,19,20);4-7,11H,1-3H3. The number of carboxylic acids is 1. The van der Waals surface area contributed by atoms with Crippen molar-refractivity contribution in [3.8, 4) is 5.75 Å². The molecule has 0 aromatic heterocycles. The number of rotatable bonds is 17. The maximum absolute atomic E-state index is 10.3. The average Bonchev–Trinajstić information content (AvgIpc) is 2.71. The minimum atomic E-state index is -0.653. The van der Waals surface area contributed by atoms with E-state index in [1.165, 1.54) is 83.5 Å². The Balaban J connectivity index is 0.000000683. The van der Waals surface area contributed by atoms with E-state index in [4.69, 9.17) is 5.11 Å². The molecule has 0 radical (unpaired) electrons. The number of unbranched alkanes of at least 4 members (excludes halogenated alkanes) is 14. The minimum Gasteiger partial charge on any atom is -0.508 e. The Morgan fingerprint density at radius 2 is 1.19 bits per heavy atom. The molecule has 0 atom stereocenters. The van der Waals surface area contributed by atoms with Gasteiger partial charge in [0.1, 0.15) is 5.75 Å². The lowest BCUT2D eigenvalue weighted by atomic mass is 10.0. The molecule has 180 valence electrons. The number of phenols is 1. The van der Waals surface area contributed by atoms with Crippen LogP contribution in [0.4, 0.5) is 0 Å². The highest BCUT2D eigenvalue weighted by molar-refractivity contribution is 5.66. The molecule has 0 fully saturated rings. The molecule has 0 spiro atoms. The Morgan fingerprint density at radius 1 is 0.774 bits per heavy atom. The predicted octanol–water partition coefficient (Wildman–Crippen LogP) is 9.16. The molecule has 0 saturated heterocycles. The SMILES string of the molecule is CCCCCCCCCCCCCCCCCC(=O)O.Cc1ccc(C(C)C)c(O)c1. The highest BCUT2D eigenvalue weighted by atomic mass is 16.4. The van der Waals surface area contributed by atoms with E-state index in [0.717, 1.165) is 24.0 Å². The van der Waals surface area contributed by atoms with Gasteiger partial charge in [0, 0.05) is 6.42 Å². The molecule has 31 heavy (non-hydrogen) atoms. The fourth-order valence-electron chi connectivity index (χ4n) is 3.79. The Kier molecular flexibility index (Phi) is 19.4. The van der Waals surface area contributed by atoms with Gasteiger partial charge in [-0.2, -0.15) is 0 Å². The summed E-state index contributed by atoms with van der Waals surface area (Å²) in [6, 6.07) is 5.81. The quantitative estimate of drug-likeness (QED) is 0.240. The van der Waals surface area contributed by atoms with Crippen molar-refractivity contribution < 1.29 is 15.0 Å². The number of hydrogen-bond donors (Lipinski definition) is 2. The van der Waals surface area contributed by atoms with Crippen LogP contribution in [0.1, 0.15) is 141 Å². The van der Waals surface area contributed by atoms with Crippen LogP contribution in [0.5, 0.6) is 5.75 Å². The number of phenolic OH excluding ortho intramolecular Hbond substituents is 1. The maximum atomic E-state index is 10.3. The smallest absolute Gasteiger partial charge is 0.303 e. The zero-order valence-electron chi connectivity index (χ0n) is 20.9. The first-order valence-electron chi connectivity index (χ1n) is 12.9. The first-order chi connectivity index (χ1) is 14.9. The number of aryl methyl sites for hydroxylation is 1. The van der Waals surface area contributed by atoms with E-state index in [9.17, 15) is 9.90 Å². The molecular formula is C28H50O3. The van der Waals surface area contributed by atoms with E-state index in [-0.39, 0.29) is 0 Å². The van der Waals surface area contributed by atoms with Crippen LogP contribution < -0.4 is 0 Å². The van der Waals surface area contributed by atoms with E-state index in [1.54, 1.807) is 6.07 Å². The summed E-state index contributed by atoms with van der Waals surface area (Å²) in [5.41, 5.74) is 2.13. The molecule has 3 nitrogen and oxygen atoms in total. The van der Waals surface area contributed by atoms with Crippen LogP contribution in [0.25, 0.3) is 0 Å². The van der Waals surface area contributed by atoms with Crippen LogP contribution in [0.2, 0.25) is 0 Å². The first-order valence-corrected chi connectivity index (χ1v) is 12.9. The van der Waals surface area contributed by atoms with Gasteiger partial charge in [0.25, 0.3) is 0 Å². The number of benzene rings is 1. The zero-order chi connectivity index (χ0) is 23.3. The summed E-state index contributed by atoms with van der Waals surface area (Å²) in [6.07, 6.45) is 20.2. The van der Waals surface area contributed by atoms with Gasteiger partial charge < -0.3 is 10.2 Å². The van der Waals surface area contributed by atoms with Gasteiger partial charge in [-0.25, -0.2) is 0 Å². The largest absolute Gasteiger partial charge is 0.508 e. The number of aliphatic carboxylic acids is 1. The minimum absolute atomic E-state index is 0.345. The summed E-state index contributed by atoms with van der Waals surface area (Å²) in [5.74, 6) is 0.162. The summed E-state index contributed by atoms with van der Waals surface area (Å²) >= 11 is 0. The van der Waals surface area contributed by atoms with Gasteiger partial charge in [-0.3, -0.25) is 4.79 Å². The topological polar surface area (TPSA) is 57.5 Å². The van der Waals surface area contributed by atoms with Crippen LogP contribution >= 0.6 is 0 Å². The van der Waals surface area contributed by atoms with Gasteiger partial charge in [-0.15, -0.1) is 0 Å². The molecule has 0 amide bonds. The van der Waals surface area contributed by atoms with Crippen molar-refractivity contribution in [2.24, 2.45) is 0 Å². The summed E-state index contributed by atoms with van der Waals surface area (Å²) in [6.45, 7) is 8.39. The molecule has 3 heteroatoms. The highest BCUT2D eigenvalue weighted by Crippen LogP contribution is 2.25. The molecule has 0 aliphatic heterocycles. The lowest BCUT2D eigenvalue weighted by Crippen LogP contribution is -1.93. The van der Waals surface area contributed by atoms with E-state index < -0.39 is 5.97 Å². The van der Waals surface area contributed by atoms with Crippen molar-refractivity contribution in [2.75, 3.05) is 0 Å². The monoisotopic (exact) mass is 434 g/mol. The molecule has 1 rings (SSSR count). The third-order valence-corrected chi connectivity index (χ3v) is 5.80. The third kappa shape index (κ3) is 18.9. The second-order valence-electron chi connectivity index (χ2n) is 9.31. The normalized spacial score (nSPS) is 10.7. The number of carbonyl (C=O) groups is 1. The summed E-state index contributed by atoms with van der Waals surface area (Å²) in [5, 5.41) is 18.0. The highest BCUT2D eigenvalue weighted by Gasteiger charge is 2.04. The van der Waals surface area contributed by atoms with E-state index in [1.807, 2.05) is 19.1 Å². The van der Waals surface area contributed by atoms with Gasteiger partial charge in [-0.1, -0.05) is 123 Å². The molecule has 1 aromatic carbocycles. The Labute approximate surface area is 192 Å². The zero-order valence-corrected chi connectivity index (χ0v) is 20.9. The van der Waals surface area contributed by atoms with Gasteiger partial charge in [0.2, 0.25) is 0 Å². The van der Waals surface area contributed by atoms with Gasteiger partial charge in [0.05, 0.1) is 0 Å². The number of aromatic hydroxyl groups is 1. The van der Waals surface area contributed by atoms with Crippen LogP contribution in [0.3, 0.4) is 0 Å². The van der Waals surface area contributed by atoms with Crippen LogP contribution in [-0.4, -0.2) is 16.2 Å². The number of hydrogen-bond acceptors (Lipinski definition) is 2. The summed E-state index contributed by atoms with van der Waals surface area (Å²) in [7, 11) is 0. The van der Waals surface area contributed by atoms with E-state index in [0.29, 0.717) is 18.1 Å². The van der Waals surface area contributed by atoms with Crippen molar-refractivity contribution in [2.45, 2.75) is 136 Å². The molecule has 0 unspecified atom stereocenters. The Morgan fingerprint density at radius 3 is 1.55 bits per heavy atom. The van der Waals surface area contributed by atoms with Crippen molar-refractivity contribution in [1.82, 2.24) is 0 Å². The second kappa shape index (κ2) is 20.4. The third-order valence-electron chi connectivity index (χ3n) is 5.80. The fourth-order valence-corrected chi connectivity index (χ4v) is 3.79. The van der Waals surface area contributed by atoms with Gasteiger partial charge in [0.15, 0.2) is 0 Å². The van der Waals surface area contributed by atoms with E-state index in [2.05, 4.69) is 20.8 Å². The summed E-state index contributed by atoms with van der Waals surface area (Å²) in [4.78, 5) is 10.3. The molecule has 1 aromatic rings. The Bertz CT molecular complexity index is 551. The lowest BCUT2D eigenvalue weighted by molar-refractivity contribution is -0.137. The Hall–Kier alpha value is -1.51. The van der Waals surface area contributed by atoms with Crippen molar-refractivity contribution >= 4 is 5.97 Å². The maximum Gasteiger partial charge on any atom is 0.303 e. The van der Waals surface area contributed by atoms with Crippen molar-refractivity contribution in [3.05, 3.63) is 29.3 Å². The first kappa shape index (κ1) is 29.5. The predicted molar refractivity (Wildman–Crippen MR) is 134 cm³/mol. The molecular weight excluding hydrogens is 384 g/mol. The molecule has 0 bridgehead atoms. The fraction of sp³-hybridized carbons (Fsp3) is 0.750.